The maximum Gasteiger partial charge on any atom is 0.338 e. The first-order valence-electron chi connectivity index (χ1n) is 12.6. The van der Waals surface area contributed by atoms with E-state index in [2.05, 4.69) is 27.6 Å². The highest BCUT2D eigenvalue weighted by Crippen LogP contribution is 2.37. The molecule has 0 N–H and O–H groups in total. The number of halogens is 1. The number of carbonyl (C=O) groups is 2. The highest BCUT2D eigenvalue weighted by atomic mass is 127. The smallest absolute Gasteiger partial charge is 0.338 e. The molecule has 1 aliphatic rings. The number of methoxy groups -OCH3 is 1. The van der Waals surface area contributed by atoms with Gasteiger partial charge in [0.2, 0.25) is 0 Å². The number of hydrogen-bond donors (Lipinski definition) is 0. The minimum atomic E-state index is -0.798. The van der Waals surface area contributed by atoms with E-state index in [9.17, 15) is 14.4 Å². The molecule has 1 atom stereocenters. The van der Waals surface area contributed by atoms with Crippen LogP contribution in [0.25, 0.3) is 6.08 Å². The van der Waals surface area contributed by atoms with Crippen molar-refractivity contribution in [3.63, 3.8) is 0 Å². The number of hydrogen-bond acceptors (Lipinski definition) is 9. The van der Waals surface area contributed by atoms with Crippen molar-refractivity contribution in [2.24, 2.45) is 4.99 Å². The van der Waals surface area contributed by atoms with Gasteiger partial charge in [0.25, 0.3) is 5.56 Å². The average Bonchev–Trinajstić information content (AvgIpc) is 3.18. The van der Waals surface area contributed by atoms with Crippen LogP contribution >= 0.6 is 33.9 Å². The second-order valence-corrected chi connectivity index (χ2v) is 11.3. The molecule has 3 aromatic rings. The molecule has 0 spiro atoms. The number of carbonyl (C=O) groups excluding carboxylic acids is 2. The summed E-state index contributed by atoms with van der Waals surface area (Å²) in [7, 11) is 1.48. The van der Waals surface area contributed by atoms with Gasteiger partial charge >= 0.3 is 11.9 Å². The van der Waals surface area contributed by atoms with Crippen LogP contribution < -0.4 is 29.1 Å². The summed E-state index contributed by atoms with van der Waals surface area (Å²) < 4.78 is 24.8. The van der Waals surface area contributed by atoms with Gasteiger partial charge in [-0.15, -0.1) is 0 Å². The van der Waals surface area contributed by atoms with E-state index in [-0.39, 0.29) is 23.8 Å². The quantitative estimate of drug-likeness (QED) is 0.201. The Kier molecular flexibility index (Phi) is 9.14. The van der Waals surface area contributed by atoms with Gasteiger partial charge in [-0.2, -0.15) is 0 Å². The molecule has 2 aromatic carbocycles. The lowest BCUT2D eigenvalue weighted by molar-refractivity contribution is -0.139. The standard InChI is InChI=1S/C29H29IN2O7S/c1-7-37-28(35)24-16(4)31-29-32(25(24)19-10-8-9-11-21(19)38-15(2)3)27(34)23(40-29)14-18-12-20(30)26(39-17(5)33)22(13-18)36-6/h8-15,25H,7H2,1-6H3/b23-14-/t25-/m1/s1. The number of aromatic nitrogens is 1. The van der Waals surface area contributed by atoms with Crippen molar-refractivity contribution in [3.8, 4) is 17.2 Å². The van der Waals surface area contributed by atoms with E-state index in [1.54, 1.807) is 32.1 Å². The molecule has 1 aromatic heterocycles. The van der Waals surface area contributed by atoms with Crippen LogP contribution in [0.5, 0.6) is 17.2 Å². The molecule has 9 nitrogen and oxygen atoms in total. The molecular formula is C29H29IN2O7S. The first kappa shape index (κ1) is 29.5. The number of allylic oxidation sites excluding steroid dienone is 1. The molecule has 0 saturated carbocycles. The molecular weight excluding hydrogens is 647 g/mol. The lowest BCUT2D eigenvalue weighted by Crippen LogP contribution is -2.40. The zero-order chi connectivity index (χ0) is 29.1. The summed E-state index contributed by atoms with van der Waals surface area (Å²) in [6, 6.07) is 10.0. The lowest BCUT2D eigenvalue weighted by Gasteiger charge is -2.26. The number of nitrogens with zero attached hydrogens (tertiary/aromatic N) is 2. The maximum absolute atomic E-state index is 14.0. The highest BCUT2D eigenvalue weighted by molar-refractivity contribution is 14.1. The number of esters is 2. The molecule has 1 aliphatic heterocycles. The maximum atomic E-state index is 14.0. The van der Waals surface area contributed by atoms with Gasteiger partial charge in [-0.3, -0.25) is 14.2 Å². The Hall–Kier alpha value is -3.45. The van der Waals surface area contributed by atoms with E-state index in [1.165, 1.54) is 29.9 Å². The van der Waals surface area contributed by atoms with Crippen molar-refractivity contribution < 1.29 is 28.5 Å². The minimum Gasteiger partial charge on any atom is -0.493 e. The number of thiazole rings is 1. The Morgan fingerprint density at radius 2 is 1.93 bits per heavy atom. The van der Waals surface area contributed by atoms with Crippen molar-refractivity contribution in [2.75, 3.05) is 13.7 Å². The number of fused-ring (bicyclic) bond motifs is 1. The van der Waals surface area contributed by atoms with Crippen LogP contribution in [-0.4, -0.2) is 36.3 Å². The van der Waals surface area contributed by atoms with E-state index in [0.717, 1.165) is 0 Å². The zero-order valence-electron chi connectivity index (χ0n) is 22.9. The topological polar surface area (TPSA) is 105 Å². The van der Waals surface area contributed by atoms with Crippen LogP contribution in [0.15, 0.2) is 57.5 Å². The second kappa shape index (κ2) is 12.4. The SMILES string of the molecule is CCOC(=O)C1=C(C)N=c2s/c(=C\c3cc(I)c(OC(C)=O)c(OC)c3)c(=O)n2[C@@H]1c1ccccc1OC(C)C. The molecule has 0 aliphatic carbocycles. The van der Waals surface area contributed by atoms with E-state index in [1.807, 2.05) is 38.1 Å². The predicted molar refractivity (Wildman–Crippen MR) is 160 cm³/mol. The summed E-state index contributed by atoms with van der Waals surface area (Å²) in [6.45, 7) is 8.80. The number of rotatable bonds is 8. The van der Waals surface area contributed by atoms with Crippen LogP contribution in [0.3, 0.4) is 0 Å². The lowest BCUT2D eigenvalue weighted by atomic mass is 9.95. The van der Waals surface area contributed by atoms with Gasteiger partial charge in [0.1, 0.15) is 11.8 Å². The van der Waals surface area contributed by atoms with Gasteiger partial charge in [0, 0.05) is 12.5 Å². The molecule has 0 saturated heterocycles. The van der Waals surface area contributed by atoms with Crippen molar-refractivity contribution in [1.82, 2.24) is 4.57 Å². The Morgan fingerprint density at radius 1 is 1.20 bits per heavy atom. The Balaban J connectivity index is 1.95. The first-order valence-corrected chi connectivity index (χ1v) is 14.5. The third-order valence-electron chi connectivity index (χ3n) is 5.89. The van der Waals surface area contributed by atoms with Crippen LogP contribution in [0.2, 0.25) is 0 Å². The monoisotopic (exact) mass is 676 g/mol. The molecule has 210 valence electrons. The predicted octanol–water partition coefficient (Wildman–Crippen LogP) is 4.12. The summed E-state index contributed by atoms with van der Waals surface area (Å²) in [5.41, 5.74) is 1.76. The largest absolute Gasteiger partial charge is 0.493 e. The third-order valence-corrected chi connectivity index (χ3v) is 7.67. The fourth-order valence-corrected chi connectivity index (χ4v) is 6.15. The summed E-state index contributed by atoms with van der Waals surface area (Å²) in [4.78, 5) is 43.8. The van der Waals surface area contributed by atoms with Crippen molar-refractivity contribution in [2.45, 2.75) is 46.8 Å². The van der Waals surface area contributed by atoms with Crippen molar-refractivity contribution >= 4 is 51.9 Å². The van der Waals surface area contributed by atoms with Crippen LogP contribution in [0.1, 0.15) is 51.8 Å². The minimum absolute atomic E-state index is 0.125. The Morgan fingerprint density at radius 3 is 2.58 bits per heavy atom. The molecule has 0 amide bonds. The molecule has 0 unspecified atom stereocenters. The molecule has 0 bridgehead atoms. The fourth-order valence-electron chi connectivity index (χ4n) is 4.37. The average molecular weight is 677 g/mol. The molecule has 2 heterocycles. The van der Waals surface area contributed by atoms with Gasteiger partial charge in [-0.25, -0.2) is 9.79 Å². The van der Waals surface area contributed by atoms with Crippen LogP contribution in [0.4, 0.5) is 0 Å². The molecule has 0 fully saturated rings. The zero-order valence-corrected chi connectivity index (χ0v) is 25.9. The molecule has 11 heteroatoms. The summed E-state index contributed by atoms with van der Waals surface area (Å²) in [5.74, 6) is 0.230. The molecule has 4 rings (SSSR count). The summed E-state index contributed by atoms with van der Waals surface area (Å²) >= 11 is 3.27. The van der Waals surface area contributed by atoms with Gasteiger partial charge in [-0.05, 0) is 80.1 Å². The van der Waals surface area contributed by atoms with Gasteiger partial charge in [0.15, 0.2) is 16.3 Å². The highest BCUT2D eigenvalue weighted by Gasteiger charge is 2.35. The normalized spacial score (nSPS) is 15.0. The van der Waals surface area contributed by atoms with E-state index < -0.39 is 18.0 Å². The number of benzene rings is 2. The van der Waals surface area contributed by atoms with Crippen LogP contribution in [-0.2, 0) is 14.3 Å². The fraction of sp³-hybridized carbons (Fsp3) is 0.310. The van der Waals surface area contributed by atoms with Crippen molar-refractivity contribution in [1.29, 1.82) is 0 Å². The Labute approximate surface area is 248 Å². The van der Waals surface area contributed by atoms with E-state index in [0.29, 0.717) is 47.0 Å². The Bertz CT molecular complexity index is 1690. The van der Waals surface area contributed by atoms with Crippen LogP contribution in [0, 0.1) is 3.57 Å². The number of para-hydroxylation sites is 1. The summed E-state index contributed by atoms with van der Waals surface area (Å²) in [6.07, 6.45) is 1.60. The number of ether oxygens (including phenoxy) is 4. The first-order chi connectivity index (χ1) is 19.0. The van der Waals surface area contributed by atoms with Gasteiger partial charge < -0.3 is 18.9 Å². The third kappa shape index (κ3) is 5.99. The van der Waals surface area contributed by atoms with Crippen molar-refractivity contribution in [3.05, 3.63) is 82.1 Å². The van der Waals surface area contributed by atoms with E-state index >= 15 is 0 Å². The molecule has 40 heavy (non-hydrogen) atoms. The second-order valence-electron chi connectivity index (χ2n) is 9.13. The van der Waals surface area contributed by atoms with Gasteiger partial charge in [0.05, 0.1) is 39.2 Å². The van der Waals surface area contributed by atoms with Gasteiger partial charge in [-0.1, -0.05) is 29.5 Å². The summed E-state index contributed by atoms with van der Waals surface area (Å²) in [5, 5.41) is 0. The molecule has 0 radical (unpaired) electrons. The van der Waals surface area contributed by atoms with E-state index in [4.69, 9.17) is 18.9 Å².